The van der Waals surface area contributed by atoms with E-state index in [0.29, 0.717) is 11.7 Å². The number of thiocarbonyl (C=S) groups is 1. The molecule has 0 fully saturated rings. The van der Waals surface area contributed by atoms with Crippen LogP contribution in [0.2, 0.25) is 5.02 Å². The number of anilines is 1. The molecule has 0 heterocycles. The molecule has 3 nitrogen and oxygen atoms in total. The number of hydrogen-bond acceptors (Lipinski definition) is 2. The van der Waals surface area contributed by atoms with Gasteiger partial charge in [-0.05, 0) is 49.3 Å². The Bertz CT molecular complexity index is 412. The van der Waals surface area contributed by atoms with Gasteiger partial charge in [0, 0.05) is 17.8 Å². The van der Waals surface area contributed by atoms with E-state index in [1.165, 1.54) is 0 Å². The summed E-state index contributed by atoms with van der Waals surface area (Å²) in [5.41, 5.74) is 2.02. The number of rotatable bonds is 5. The van der Waals surface area contributed by atoms with E-state index in [-0.39, 0.29) is 6.04 Å². The van der Waals surface area contributed by atoms with E-state index in [4.69, 9.17) is 28.6 Å². The second kappa shape index (κ2) is 7.56. The summed E-state index contributed by atoms with van der Waals surface area (Å²) in [6, 6.07) is 5.89. The first kappa shape index (κ1) is 15.2. The van der Waals surface area contributed by atoms with Crippen LogP contribution in [-0.2, 0) is 4.74 Å². The number of methoxy groups -OCH3 is 1. The highest BCUT2D eigenvalue weighted by Gasteiger charge is 2.08. The summed E-state index contributed by atoms with van der Waals surface area (Å²) < 4.78 is 5.12. The lowest BCUT2D eigenvalue weighted by Crippen LogP contribution is -2.40. The summed E-state index contributed by atoms with van der Waals surface area (Å²) in [7, 11) is 1.68. The first-order valence-corrected chi connectivity index (χ1v) is 6.68. The molecular weight excluding hydrogens is 268 g/mol. The molecule has 0 spiro atoms. The van der Waals surface area contributed by atoms with Crippen molar-refractivity contribution in [1.82, 2.24) is 5.32 Å². The van der Waals surface area contributed by atoms with Gasteiger partial charge in [0.25, 0.3) is 0 Å². The minimum Gasteiger partial charge on any atom is -0.383 e. The second-order valence-corrected chi connectivity index (χ2v) is 4.96. The van der Waals surface area contributed by atoms with Crippen molar-refractivity contribution < 1.29 is 4.74 Å². The molecule has 0 saturated heterocycles. The van der Waals surface area contributed by atoms with Crippen LogP contribution < -0.4 is 10.6 Å². The van der Waals surface area contributed by atoms with Crippen molar-refractivity contribution in [3.8, 4) is 0 Å². The van der Waals surface area contributed by atoms with Crippen molar-refractivity contribution in [3.63, 3.8) is 0 Å². The van der Waals surface area contributed by atoms with Gasteiger partial charge < -0.3 is 15.4 Å². The zero-order chi connectivity index (χ0) is 13.5. The molecule has 1 rings (SSSR count). The first-order chi connectivity index (χ1) is 8.56. The Morgan fingerprint density at radius 3 is 2.78 bits per heavy atom. The van der Waals surface area contributed by atoms with Gasteiger partial charge in [0.2, 0.25) is 0 Å². The highest BCUT2D eigenvalue weighted by Crippen LogP contribution is 2.19. The third-order valence-corrected chi connectivity index (χ3v) is 3.09. The molecule has 1 unspecified atom stereocenters. The molecule has 0 aliphatic carbocycles. The third-order valence-electron chi connectivity index (χ3n) is 2.63. The molecule has 0 bridgehead atoms. The van der Waals surface area contributed by atoms with Gasteiger partial charge in [-0.3, -0.25) is 0 Å². The molecule has 1 aromatic rings. The number of halogens is 1. The molecule has 5 heteroatoms. The van der Waals surface area contributed by atoms with E-state index in [1.54, 1.807) is 7.11 Å². The maximum Gasteiger partial charge on any atom is 0.171 e. The molecule has 2 N–H and O–H groups in total. The quantitative estimate of drug-likeness (QED) is 0.813. The van der Waals surface area contributed by atoms with Crippen molar-refractivity contribution >= 4 is 34.6 Å². The van der Waals surface area contributed by atoms with E-state index in [1.807, 2.05) is 25.1 Å². The Kier molecular flexibility index (Phi) is 6.39. The molecule has 0 amide bonds. The van der Waals surface area contributed by atoms with Gasteiger partial charge >= 0.3 is 0 Å². The summed E-state index contributed by atoms with van der Waals surface area (Å²) >= 11 is 11.2. The topological polar surface area (TPSA) is 33.3 Å². The van der Waals surface area contributed by atoms with Crippen LogP contribution in [-0.4, -0.2) is 24.9 Å². The van der Waals surface area contributed by atoms with Crippen LogP contribution in [0.1, 0.15) is 18.9 Å². The Morgan fingerprint density at radius 1 is 1.50 bits per heavy atom. The molecule has 0 saturated carbocycles. The van der Waals surface area contributed by atoms with E-state index in [9.17, 15) is 0 Å². The number of aryl methyl sites for hydroxylation is 1. The molecular formula is C13H19ClN2OS. The molecule has 1 atom stereocenters. The molecule has 0 aliphatic rings. The van der Waals surface area contributed by atoms with Gasteiger partial charge in [0.05, 0.1) is 12.6 Å². The maximum absolute atomic E-state index is 5.91. The Labute approximate surface area is 119 Å². The van der Waals surface area contributed by atoms with Crippen LogP contribution in [0.5, 0.6) is 0 Å². The molecule has 100 valence electrons. The van der Waals surface area contributed by atoms with Crippen LogP contribution in [0.3, 0.4) is 0 Å². The molecule has 0 aliphatic heterocycles. The largest absolute Gasteiger partial charge is 0.383 e. The highest BCUT2D eigenvalue weighted by molar-refractivity contribution is 7.80. The third kappa shape index (κ3) is 4.80. The second-order valence-electron chi connectivity index (χ2n) is 4.12. The maximum atomic E-state index is 5.91. The van der Waals surface area contributed by atoms with Crippen LogP contribution in [0, 0.1) is 6.92 Å². The van der Waals surface area contributed by atoms with Gasteiger partial charge in [-0.1, -0.05) is 18.5 Å². The van der Waals surface area contributed by atoms with E-state index in [0.717, 1.165) is 22.7 Å². The van der Waals surface area contributed by atoms with Crippen LogP contribution in [0.25, 0.3) is 0 Å². The SMILES string of the molecule is CCC(COC)NC(=S)Nc1ccc(Cl)cc1C. The fourth-order valence-corrected chi connectivity index (χ4v) is 2.08. The fourth-order valence-electron chi connectivity index (χ4n) is 1.57. The number of benzene rings is 1. The minimum atomic E-state index is 0.225. The zero-order valence-electron chi connectivity index (χ0n) is 10.9. The summed E-state index contributed by atoms with van der Waals surface area (Å²) in [6.07, 6.45) is 0.954. The highest BCUT2D eigenvalue weighted by atomic mass is 35.5. The Balaban J connectivity index is 2.58. The van der Waals surface area contributed by atoms with E-state index in [2.05, 4.69) is 17.6 Å². The summed E-state index contributed by atoms with van der Waals surface area (Å²) in [6.45, 7) is 4.72. The van der Waals surface area contributed by atoms with Crippen molar-refractivity contribution in [2.45, 2.75) is 26.3 Å². The predicted molar refractivity (Wildman–Crippen MR) is 81.5 cm³/mol. The monoisotopic (exact) mass is 286 g/mol. The Hall–Kier alpha value is -0.840. The van der Waals surface area contributed by atoms with E-state index < -0.39 is 0 Å². The van der Waals surface area contributed by atoms with Gasteiger partial charge in [-0.2, -0.15) is 0 Å². The smallest absolute Gasteiger partial charge is 0.171 e. The average Bonchev–Trinajstić information content (AvgIpc) is 2.32. The van der Waals surface area contributed by atoms with Gasteiger partial charge in [0.1, 0.15) is 0 Å². The van der Waals surface area contributed by atoms with Gasteiger partial charge in [-0.15, -0.1) is 0 Å². The molecule has 0 aromatic heterocycles. The van der Waals surface area contributed by atoms with Crippen LogP contribution in [0.4, 0.5) is 5.69 Å². The van der Waals surface area contributed by atoms with E-state index >= 15 is 0 Å². The van der Waals surface area contributed by atoms with Crippen molar-refractivity contribution in [2.24, 2.45) is 0 Å². The number of hydrogen-bond donors (Lipinski definition) is 2. The standard InChI is InChI=1S/C13H19ClN2OS/c1-4-11(8-17-3)15-13(18)16-12-6-5-10(14)7-9(12)2/h5-7,11H,4,8H2,1-3H3,(H2,15,16,18). The van der Waals surface area contributed by atoms with Crippen LogP contribution in [0.15, 0.2) is 18.2 Å². The Morgan fingerprint density at radius 2 is 2.22 bits per heavy atom. The van der Waals surface area contributed by atoms with Crippen LogP contribution >= 0.6 is 23.8 Å². The first-order valence-electron chi connectivity index (χ1n) is 5.89. The average molecular weight is 287 g/mol. The molecule has 1 aromatic carbocycles. The summed E-state index contributed by atoms with van der Waals surface area (Å²) in [5.74, 6) is 0. The fraction of sp³-hybridized carbons (Fsp3) is 0.462. The zero-order valence-corrected chi connectivity index (χ0v) is 12.5. The van der Waals surface area contributed by atoms with Gasteiger partial charge in [-0.25, -0.2) is 0 Å². The lowest BCUT2D eigenvalue weighted by atomic mass is 10.2. The molecule has 0 radical (unpaired) electrons. The minimum absolute atomic E-state index is 0.225. The lowest BCUT2D eigenvalue weighted by molar-refractivity contribution is 0.172. The van der Waals surface area contributed by atoms with Gasteiger partial charge in [0.15, 0.2) is 5.11 Å². The summed E-state index contributed by atoms with van der Waals surface area (Å²) in [4.78, 5) is 0. The van der Waals surface area contributed by atoms with Crippen molar-refractivity contribution in [2.75, 3.05) is 19.0 Å². The van der Waals surface area contributed by atoms with Crippen molar-refractivity contribution in [3.05, 3.63) is 28.8 Å². The molecule has 18 heavy (non-hydrogen) atoms. The predicted octanol–water partition coefficient (Wildman–Crippen LogP) is 3.36. The summed E-state index contributed by atoms with van der Waals surface area (Å²) in [5, 5.41) is 7.71. The lowest BCUT2D eigenvalue weighted by Gasteiger charge is -2.19. The number of nitrogens with one attached hydrogen (secondary N) is 2. The number of ether oxygens (including phenoxy) is 1. The van der Waals surface area contributed by atoms with Crippen molar-refractivity contribution in [1.29, 1.82) is 0 Å². The normalized spacial score (nSPS) is 12.0.